The number of hydrogen-bond acceptors (Lipinski definition) is 4. The van der Waals surface area contributed by atoms with Crippen molar-refractivity contribution in [3.63, 3.8) is 0 Å². The predicted octanol–water partition coefficient (Wildman–Crippen LogP) is 4.32. The molecule has 1 saturated carbocycles. The van der Waals surface area contributed by atoms with Gasteiger partial charge in [0.25, 0.3) is 0 Å². The third kappa shape index (κ3) is 6.65. The molecule has 1 heterocycles. The maximum absolute atomic E-state index is 14.1. The maximum atomic E-state index is 14.1. The molecule has 0 aromatic heterocycles. The summed E-state index contributed by atoms with van der Waals surface area (Å²) in [4.78, 5) is 39.3. The molecule has 6 nitrogen and oxygen atoms in total. The molecule has 0 bridgehead atoms. The van der Waals surface area contributed by atoms with Crippen molar-refractivity contribution in [3.05, 3.63) is 70.5 Å². The van der Waals surface area contributed by atoms with Crippen molar-refractivity contribution in [2.75, 3.05) is 0 Å². The van der Waals surface area contributed by atoms with Crippen LogP contribution in [0.15, 0.2) is 36.4 Å². The van der Waals surface area contributed by atoms with Crippen LogP contribution in [0, 0.1) is 30.3 Å². The van der Waals surface area contributed by atoms with Crippen LogP contribution in [0.5, 0.6) is 0 Å². The highest BCUT2D eigenvalue weighted by Crippen LogP contribution is 2.34. The minimum atomic E-state index is -1.34. The molecular formula is C27H29F3N2O4. The maximum Gasteiger partial charge on any atom is 0.328 e. The molecule has 1 aliphatic heterocycles. The van der Waals surface area contributed by atoms with Gasteiger partial charge >= 0.3 is 5.97 Å². The predicted molar refractivity (Wildman–Crippen MR) is 125 cm³/mol. The van der Waals surface area contributed by atoms with Gasteiger partial charge in [-0.05, 0) is 37.3 Å². The van der Waals surface area contributed by atoms with Gasteiger partial charge in [-0.15, -0.1) is 0 Å². The Kier molecular flexibility index (Phi) is 7.96. The molecule has 4 rings (SSSR count). The summed E-state index contributed by atoms with van der Waals surface area (Å²) in [6.45, 7) is 1.71. The molecule has 0 spiro atoms. The van der Waals surface area contributed by atoms with E-state index < -0.39 is 41.4 Å². The lowest BCUT2D eigenvalue weighted by Crippen LogP contribution is -2.44. The molecule has 0 unspecified atom stereocenters. The zero-order valence-corrected chi connectivity index (χ0v) is 20.1. The Bertz CT molecular complexity index is 1130. The number of amides is 2. The molecule has 2 amide bonds. The quantitative estimate of drug-likeness (QED) is 0.388. The van der Waals surface area contributed by atoms with Crippen LogP contribution in [-0.4, -0.2) is 34.8 Å². The molecule has 1 N–H and O–H groups in total. The Balaban J connectivity index is 1.36. The Hall–Kier alpha value is -3.36. The number of nitrogens with zero attached hydrogens (tertiary/aromatic N) is 1. The second-order valence-corrected chi connectivity index (χ2v) is 9.67. The van der Waals surface area contributed by atoms with Crippen molar-refractivity contribution in [2.45, 2.75) is 70.7 Å². The van der Waals surface area contributed by atoms with E-state index in [1.54, 1.807) is 0 Å². The van der Waals surface area contributed by atoms with Gasteiger partial charge < -0.3 is 15.0 Å². The molecule has 2 aromatic carbocycles. The molecule has 2 atom stereocenters. The van der Waals surface area contributed by atoms with Gasteiger partial charge in [-0.2, -0.15) is 0 Å². The largest absolute Gasteiger partial charge is 0.459 e. The van der Waals surface area contributed by atoms with Crippen molar-refractivity contribution in [2.24, 2.45) is 5.92 Å². The van der Waals surface area contributed by atoms with E-state index in [0.29, 0.717) is 24.8 Å². The zero-order valence-electron chi connectivity index (χ0n) is 20.1. The summed E-state index contributed by atoms with van der Waals surface area (Å²) in [7, 11) is 0. The summed E-state index contributed by atoms with van der Waals surface area (Å²) in [6.07, 6.45) is 2.81. The molecule has 2 fully saturated rings. The first-order valence-electron chi connectivity index (χ1n) is 12.1. The smallest absolute Gasteiger partial charge is 0.328 e. The topological polar surface area (TPSA) is 75.7 Å². The first-order valence-corrected chi connectivity index (χ1v) is 12.1. The van der Waals surface area contributed by atoms with Gasteiger partial charge in [0.15, 0.2) is 11.6 Å². The molecule has 0 radical (unpaired) electrons. The Morgan fingerprint density at radius 3 is 2.53 bits per heavy atom. The first kappa shape index (κ1) is 25.7. The fourth-order valence-electron chi connectivity index (χ4n) is 4.44. The molecule has 36 heavy (non-hydrogen) atoms. The molecule has 9 heteroatoms. The molecule has 2 aliphatic rings. The third-order valence-electron chi connectivity index (χ3n) is 6.67. The molecule has 192 valence electrons. The molecule has 1 saturated heterocycles. The Labute approximate surface area is 207 Å². The van der Waals surface area contributed by atoms with E-state index in [-0.39, 0.29) is 37.5 Å². The van der Waals surface area contributed by atoms with Gasteiger partial charge in [0, 0.05) is 37.1 Å². The summed E-state index contributed by atoms with van der Waals surface area (Å²) in [5.74, 6) is -4.45. The second kappa shape index (κ2) is 11.1. The number of carbonyl (C=O) groups is 3. The number of halogens is 3. The number of benzene rings is 2. The highest BCUT2D eigenvalue weighted by Gasteiger charge is 2.36. The van der Waals surface area contributed by atoms with Gasteiger partial charge in [0.2, 0.25) is 11.8 Å². The lowest BCUT2D eigenvalue weighted by molar-refractivity contribution is -0.149. The minimum Gasteiger partial charge on any atom is -0.459 e. The molecular weight excluding hydrogens is 473 g/mol. The van der Waals surface area contributed by atoms with Gasteiger partial charge in [-0.1, -0.05) is 42.7 Å². The van der Waals surface area contributed by atoms with Gasteiger partial charge in [-0.3, -0.25) is 9.59 Å². The van der Waals surface area contributed by atoms with Crippen molar-refractivity contribution < 1.29 is 32.3 Å². The standard InChI is InChI=1S/C27H29F3N2O4/c1-16-2-4-18(5-3-16)15-36-27(35)23(10-17-6-7-17)31-24(33)13-21-8-9-25(34)32(21)14-19-11-20(28)12-22(29)26(19)30/h2-5,11-12,17,21,23H,6-10,13-15H2,1H3,(H,31,33)/t21-,23-/m0/s1. The lowest BCUT2D eigenvalue weighted by Gasteiger charge is -2.26. The van der Waals surface area contributed by atoms with Gasteiger partial charge in [-0.25, -0.2) is 18.0 Å². The monoisotopic (exact) mass is 502 g/mol. The zero-order chi connectivity index (χ0) is 25.8. The number of hydrogen-bond donors (Lipinski definition) is 1. The summed E-state index contributed by atoms with van der Waals surface area (Å²) < 4.78 is 46.8. The lowest BCUT2D eigenvalue weighted by atomic mass is 10.1. The number of aryl methyl sites for hydroxylation is 1. The summed E-state index contributed by atoms with van der Waals surface area (Å²) in [5.41, 5.74) is 1.64. The van der Waals surface area contributed by atoms with E-state index in [1.807, 2.05) is 31.2 Å². The number of ether oxygens (including phenoxy) is 1. The fraction of sp³-hybridized carbons (Fsp3) is 0.444. The molecule has 2 aromatic rings. The Morgan fingerprint density at radius 2 is 1.83 bits per heavy atom. The van der Waals surface area contributed by atoms with Crippen LogP contribution < -0.4 is 5.32 Å². The van der Waals surface area contributed by atoms with Crippen molar-refractivity contribution in [3.8, 4) is 0 Å². The van der Waals surface area contributed by atoms with Crippen LogP contribution in [0.3, 0.4) is 0 Å². The number of esters is 1. The Morgan fingerprint density at radius 1 is 1.11 bits per heavy atom. The van der Waals surface area contributed by atoms with Gasteiger partial charge in [0.1, 0.15) is 18.5 Å². The summed E-state index contributed by atoms with van der Waals surface area (Å²) >= 11 is 0. The average molecular weight is 503 g/mol. The number of nitrogens with one attached hydrogen (secondary N) is 1. The highest BCUT2D eigenvalue weighted by molar-refractivity contribution is 5.86. The summed E-state index contributed by atoms with van der Waals surface area (Å²) in [5, 5.41) is 2.74. The van der Waals surface area contributed by atoms with Crippen LogP contribution in [0.2, 0.25) is 0 Å². The van der Waals surface area contributed by atoms with Crippen LogP contribution >= 0.6 is 0 Å². The van der Waals surface area contributed by atoms with Crippen molar-refractivity contribution >= 4 is 17.8 Å². The number of likely N-dealkylation sites (tertiary alicyclic amines) is 1. The van der Waals surface area contributed by atoms with E-state index in [4.69, 9.17) is 4.74 Å². The van der Waals surface area contributed by atoms with Crippen LogP contribution in [-0.2, 0) is 32.3 Å². The van der Waals surface area contributed by atoms with Gasteiger partial charge in [0.05, 0.1) is 0 Å². The van der Waals surface area contributed by atoms with E-state index >= 15 is 0 Å². The highest BCUT2D eigenvalue weighted by atomic mass is 19.2. The van der Waals surface area contributed by atoms with Crippen LogP contribution in [0.4, 0.5) is 13.2 Å². The number of rotatable bonds is 10. The fourth-order valence-corrected chi connectivity index (χ4v) is 4.44. The normalized spacial score (nSPS) is 18.3. The van der Waals surface area contributed by atoms with Crippen LogP contribution in [0.25, 0.3) is 0 Å². The third-order valence-corrected chi connectivity index (χ3v) is 6.67. The molecule has 1 aliphatic carbocycles. The van der Waals surface area contributed by atoms with Crippen LogP contribution in [0.1, 0.15) is 55.2 Å². The van der Waals surface area contributed by atoms with E-state index in [1.165, 1.54) is 4.90 Å². The average Bonchev–Trinajstić information content (AvgIpc) is 3.60. The van der Waals surface area contributed by atoms with E-state index in [2.05, 4.69) is 5.32 Å². The first-order chi connectivity index (χ1) is 17.2. The van der Waals surface area contributed by atoms with Crippen molar-refractivity contribution in [1.29, 1.82) is 0 Å². The SMILES string of the molecule is Cc1ccc(COC(=O)[C@H](CC2CC2)NC(=O)C[C@@H]2CCC(=O)N2Cc2cc(F)cc(F)c2F)cc1. The second-order valence-electron chi connectivity index (χ2n) is 9.67. The van der Waals surface area contributed by atoms with Crippen molar-refractivity contribution in [1.82, 2.24) is 10.2 Å². The van der Waals surface area contributed by atoms with E-state index in [0.717, 1.165) is 30.0 Å². The number of carbonyl (C=O) groups excluding carboxylic acids is 3. The minimum absolute atomic E-state index is 0.0941. The van der Waals surface area contributed by atoms with E-state index in [9.17, 15) is 27.6 Å². The summed E-state index contributed by atoms with van der Waals surface area (Å²) in [6, 6.07) is 7.48.